The molecule has 3 rings (SSSR count). The Morgan fingerprint density at radius 1 is 1.24 bits per heavy atom. The Kier molecular flexibility index (Phi) is 4.90. The summed E-state index contributed by atoms with van der Waals surface area (Å²) < 4.78 is 10.7. The van der Waals surface area contributed by atoms with Crippen molar-refractivity contribution in [1.29, 1.82) is 5.26 Å². The zero-order valence-electron chi connectivity index (χ0n) is 14.3. The molecule has 5 nitrogen and oxygen atoms in total. The van der Waals surface area contributed by atoms with Crippen LogP contribution in [0.25, 0.3) is 0 Å². The number of aryl methyl sites for hydroxylation is 1. The van der Waals surface area contributed by atoms with Gasteiger partial charge in [-0.2, -0.15) is 5.26 Å². The number of benzene rings is 2. The second kappa shape index (κ2) is 7.27. The van der Waals surface area contributed by atoms with Gasteiger partial charge in [-0.1, -0.05) is 6.07 Å². The summed E-state index contributed by atoms with van der Waals surface area (Å²) in [5.41, 5.74) is 3.42. The van der Waals surface area contributed by atoms with E-state index in [1.54, 1.807) is 38.5 Å². The predicted octanol–water partition coefficient (Wildman–Crippen LogP) is 3.04. The molecule has 25 heavy (non-hydrogen) atoms. The number of methoxy groups -OCH3 is 2. The molecular weight excluding hydrogens is 316 g/mol. The molecule has 0 saturated heterocycles. The molecule has 128 valence electrons. The molecule has 0 radical (unpaired) electrons. The molecule has 0 fully saturated rings. The maximum Gasteiger partial charge on any atom is 0.251 e. The van der Waals surface area contributed by atoms with Crippen LogP contribution >= 0.6 is 0 Å². The summed E-state index contributed by atoms with van der Waals surface area (Å²) >= 11 is 0. The quantitative estimate of drug-likeness (QED) is 0.911. The van der Waals surface area contributed by atoms with E-state index in [1.807, 2.05) is 12.1 Å². The molecule has 2 aromatic rings. The van der Waals surface area contributed by atoms with Crippen LogP contribution in [0, 0.1) is 11.3 Å². The third-order valence-corrected chi connectivity index (χ3v) is 4.61. The maximum absolute atomic E-state index is 12.3. The molecule has 1 amide bonds. The van der Waals surface area contributed by atoms with Gasteiger partial charge in [0.1, 0.15) is 0 Å². The fraction of sp³-hybridized carbons (Fsp3) is 0.300. The van der Waals surface area contributed by atoms with Crippen molar-refractivity contribution < 1.29 is 14.3 Å². The molecule has 1 N–H and O–H groups in total. The maximum atomic E-state index is 12.3. The fourth-order valence-corrected chi connectivity index (χ4v) is 3.28. The van der Waals surface area contributed by atoms with Crippen LogP contribution in [0.15, 0.2) is 36.4 Å². The lowest BCUT2D eigenvalue weighted by Gasteiger charge is -2.15. The Hall–Kier alpha value is -3.00. The van der Waals surface area contributed by atoms with E-state index >= 15 is 0 Å². The normalized spacial score (nSPS) is 15.2. The van der Waals surface area contributed by atoms with Gasteiger partial charge in [0.05, 0.1) is 25.9 Å². The first-order valence-corrected chi connectivity index (χ1v) is 8.19. The minimum atomic E-state index is -0.161. The summed E-state index contributed by atoms with van der Waals surface area (Å²) in [5.74, 6) is 1.53. The molecule has 1 aliphatic carbocycles. The number of ether oxygens (including phenoxy) is 2. The van der Waals surface area contributed by atoms with Crippen LogP contribution in [0.3, 0.4) is 0 Å². The van der Waals surface area contributed by atoms with E-state index in [0.29, 0.717) is 23.4 Å². The highest BCUT2D eigenvalue weighted by atomic mass is 16.5. The van der Waals surface area contributed by atoms with Crippen LogP contribution < -0.4 is 14.8 Å². The second-order valence-electron chi connectivity index (χ2n) is 6.04. The van der Waals surface area contributed by atoms with Crippen LogP contribution in [0.5, 0.6) is 11.5 Å². The molecule has 0 aliphatic heterocycles. The average molecular weight is 336 g/mol. The van der Waals surface area contributed by atoms with E-state index in [1.165, 1.54) is 11.1 Å². The molecule has 0 heterocycles. The van der Waals surface area contributed by atoms with Crippen molar-refractivity contribution in [2.24, 2.45) is 0 Å². The summed E-state index contributed by atoms with van der Waals surface area (Å²) in [6, 6.07) is 12.8. The number of amides is 1. The summed E-state index contributed by atoms with van der Waals surface area (Å²) in [5, 5.41) is 11.9. The second-order valence-corrected chi connectivity index (χ2v) is 6.04. The highest BCUT2D eigenvalue weighted by Crippen LogP contribution is 2.40. The van der Waals surface area contributed by atoms with Crippen molar-refractivity contribution in [2.75, 3.05) is 20.8 Å². The lowest BCUT2D eigenvalue weighted by atomic mass is 10.0. The number of rotatable bonds is 5. The Labute approximate surface area is 147 Å². The number of hydrogen-bond acceptors (Lipinski definition) is 4. The van der Waals surface area contributed by atoms with Gasteiger partial charge in [0, 0.05) is 18.0 Å². The van der Waals surface area contributed by atoms with Crippen molar-refractivity contribution in [3.8, 4) is 17.6 Å². The standard InChI is InChI=1S/C20H20N2O3/c1-24-18-9-14-6-7-16(17(14)10-19(18)25-2)12-22-20(23)15-5-3-4-13(8-15)11-21/h3-5,8-10,16H,6-7,12H2,1-2H3,(H,22,23). The Balaban J connectivity index is 1.72. The molecule has 0 spiro atoms. The third kappa shape index (κ3) is 3.43. The largest absolute Gasteiger partial charge is 0.493 e. The zero-order valence-corrected chi connectivity index (χ0v) is 14.3. The molecule has 1 atom stereocenters. The molecule has 0 aromatic heterocycles. The molecule has 2 aromatic carbocycles. The number of nitriles is 1. The predicted molar refractivity (Wildman–Crippen MR) is 94.1 cm³/mol. The number of nitrogens with one attached hydrogen (secondary N) is 1. The van der Waals surface area contributed by atoms with Crippen LogP contribution in [0.1, 0.15) is 39.4 Å². The molecule has 1 aliphatic rings. The number of fused-ring (bicyclic) bond motifs is 1. The molecule has 0 bridgehead atoms. The Morgan fingerprint density at radius 3 is 2.72 bits per heavy atom. The van der Waals surface area contributed by atoms with Gasteiger partial charge < -0.3 is 14.8 Å². The van der Waals surface area contributed by atoms with E-state index in [-0.39, 0.29) is 11.8 Å². The lowest BCUT2D eigenvalue weighted by Crippen LogP contribution is -2.27. The first-order valence-electron chi connectivity index (χ1n) is 8.19. The number of carbonyl (C=O) groups is 1. The zero-order chi connectivity index (χ0) is 17.8. The van der Waals surface area contributed by atoms with E-state index in [0.717, 1.165) is 18.6 Å². The van der Waals surface area contributed by atoms with Crippen LogP contribution in [-0.2, 0) is 6.42 Å². The van der Waals surface area contributed by atoms with Crippen LogP contribution in [-0.4, -0.2) is 26.7 Å². The molecular formula is C20H20N2O3. The molecule has 0 saturated carbocycles. The van der Waals surface area contributed by atoms with Crippen molar-refractivity contribution >= 4 is 5.91 Å². The minimum absolute atomic E-state index is 0.161. The van der Waals surface area contributed by atoms with Gasteiger partial charge in [-0.25, -0.2) is 0 Å². The highest BCUT2D eigenvalue weighted by molar-refractivity contribution is 5.94. The van der Waals surface area contributed by atoms with Crippen LogP contribution in [0.4, 0.5) is 0 Å². The summed E-state index contributed by atoms with van der Waals surface area (Å²) in [4.78, 5) is 12.3. The van der Waals surface area contributed by atoms with E-state index in [2.05, 4.69) is 11.4 Å². The van der Waals surface area contributed by atoms with Gasteiger partial charge >= 0.3 is 0 Å². The summed E-state index contributed by atoms with van der Waals surface area (Å²) in [7, 11) is 3.25. The highest BCUT2D eigenvalue weighted by Gasteiger charge is 2.25. The van der Waals surface area contributed by atoms with E-state index in [9.17, 15) is 4.79 Å². The number of carbonyl (C=O) groups excluding carboxylic acids is 1. The van der Waals surface area contributed by atoms with Gasteiger partial charge in [-0.3, -0.25) is 4.79 Å². The monoisotopic (exact) mass is 336 g/mol. The van der Waals surface area contributed by atoms with Crippen LogP contribution in [0.2, 0.25) is 0 Å². The molecule has 1 unspecified atom stereocenters. The van der Waals surface area contributed by atoms with E-state index < -0.39 is 0 Å². The van der Waals surface area contributed by atoms with Gasteiger partial charge in [0.2, 0.25) is 0 Å². The number of hydrogen-bond donors (Lipinski definition) is 1. The fourth-order valence-electron chi connectivity index (χ4n) is 3.28. The lowest BCUT2D eigenvalue weighted by molar-refractivity contribution is 0.0951. The topological polar surface area (TPSA) is 71.3 Å². The SMILES string of the molecule is COc1cc2c(cc1OC)C(CNC(=O)c1cccc(C#N)c1)CC2. The number of nitrogens with zero attached hydrogens (tertiary/aromatic N) is 1. The van der Waals surface area contributed by atoms with Gasteiger partial charge in [0.15, 0.2) is 11.5 Å². The van der Waals surface area contributed by atoms with Crippen molar-refractivity contribution in [3.05, 3.63) is 58.7 Å². The minimum Gasteiger partial charge on any atom is -0.493 e. The Morgan fingerprint density at radius 2 is 2.00 bits per heavy atom. The van der Waals surface area contributed by atoms with Gasteiger partial charge in [0.25, 0.3) is 5.91 Å². The summed E-state index contributed by atoms with van der Waals surface area (Å²) in [6.07, 6.45) is 1.93. The average Bonchev–Trinajstić information content (AvgIpc) is 3.06. The molecule has 5 heteroatoms. The van der Waals surface area contributed by atoms with Crippen molar-refractivity contribution in [3.63, 3.8) is 0 Å². The van der Waals surface area contributed by atoms with Crippen molar-refractivity contribution in [1.82, 2.24) is 5.32 Å². The van der Waals surface area contributed by atoms with Gasteiger partial charge in [-0.15, -0.1) is 0 Å². The smallest absolute Gasteiger partial charge is 0.251 e. The first kappa shape index (κ1) is 16.8. The Bertz CT molecular complexity index is 839. The van der Waals surface area contributed by atoms with E-state index in [4.69, 9.17) is 14.7 Å². The van der Waals surface area contributed by atoms with Gasteiger partial charge in [-0.05, 0) is 54.3 Å². The summed E-state index contributed by atoms with van der Waals surface area (Å²) in [6.45, 7) is 0.554. The first-order chi connectivity index (χ1) is 12.2. The third-order valence-electron chi connectivity index (χ3n) is 4.61. The van der Waals surface area contributed by atoms with Crippen molar-refractivity contribution in [2.45, 2.75) is 18.8 Å².